The van der Waals surface area contributed by atoms with Crippen LogP contribution in [-0.4, -0.2) is 18.0 Å². The summed E-state index contributed by atoms with van der Waals surface area (Å²) in [5.74, 6) is 0. The Kier molecular flexibility index (Phi) is 3.33. The van der Waals surface area contributed by atoms with Gasteiger partial charge in [-0.25, -0.2) is 0 Å². The van der Waals surface area contributed by atoms with Crippen molar-refractivity contribution >= 4 is 23.2 Å². The fraction of sp³-hybridized carbons (Fsp3) is 0.111. The molecule has 2 nitrogen and oxygen atoms in total. The van der Waals surface area contributed by atoms with E-state index in [4.69, 9.17) is 4.12 Å². The normalized spacial score (nSPS) is 14.2. The molecule has 0 bridgehead atoms. The van der Waals surface area contributed by atoms with E-state index in [1.807, 2.05) is 36.9 Å². The molecule has 1 atom stereocenters. The SMILES string of the molecule is C=C[Si](C)(O[SiH]=O)c1ccccc1. The first kappa shape index (κ1) is 10.1. The van der Waals surface area contributed by atoms with Crippen LogP contribution in [0.25, 0.3) is 0 Å². The Morgan fingerprint density at radius 1 is 1.46 bits per heavy atom. The van der Waals surface area contributed by atoms with E-state index in [1.54, 1.807) is 5.70 Å². The predicted molar refractivity (Wildman–Crippen MR) is 56.8 cm³/mol. The maximum Gasteiger partial charge on any atom is 0.473 e. The molecule has 0 aliphatic rings. The van der Waals surface area contributed by atoms with E-state index in [9.17, 15) is 4.46 Å². The van der Waals surface area contributed by atoms with Crippen molar-refractivity contribution < 1.29 is 8.58 Å². The van der Waals surface area contributed by atoms with Crippen LogP contribution in [0.3, 0.4) is 0 Å². The van der Waals surface area contributed by atoms with Gasteiger partial charge in [-0.2, -0.15) is 0 Å². The molecule has 4 heteroatoms. The summed E-state index contributed by atoms with van der Waals surface area (Å²) in [5.41, 5.74) is 1.80. The second kappa shape index (κ2) is 4.29. The Morgan fingerprint density at radius 2 is 2.08 bits per heavy atom. The van der Waals surface area contributed by atoms with Gasteiger partial charge in [0.25, 0.3) is 8.32 Å². The number of hydrogen-bond acceptors (Lipinski definition) is 2. The molecule has 0 aromatic heterocycles. The molecule has 1 aromatic carbocycles. The van der Waals surface area contributed by atoms with Gasteiger partial charge in [-0.1, -0.05) is 36.0 Å². The molecule has 0 heterocycles. The van der Waals surface area contributed by atoms with Crippen molar-refractivity contribution in [1.29, 1.82) is 0 Å². The smallest absolute Gasteiger partial charge is 0.473 e. The highest BCUT2D eigenvalue weighted by molar-refractivity contribution is 6.91. The van der Waals surface area contributed by atoms with Crippen LogP contribution in [0.15, 0.2) is 42.6 Å². The van der Waals surface area contributed by atoms with Crippen LogP contribution in [0.2, 0.25) is 6.55 Å². The first-order valence-electron chi connectivity index (χ1n) is 4.03. The highest BCUT2D eigenvalue weighted by Crippen LogP contribution is 2.04. The van der Waals surface area contributed by atoms with Crippen LogP contribution in [0.5, 0.6) is 0 Å². The maximum atomic E-state index is 10.5. The number of hydrogen-bond donors (Lipinski definition) is 0. The van der Waals surface area contributed by atoms with Crippen LogP contribution in [0.4, 0.5) is 0 Å². The average molecular weight is 208 g/mol. The zero-order valence-electron chi connectivity index (χ0n) is 7.57. The standard InChI is InChI=1S/C9H12O2Si2/c1-3-13(2,11-12-10)9-7-5-4-6-8-9/h3-8,12H,1H2,2H3. The van der Waals surface area contributed by atoms with Gasteiger partial charge in [0.05, 0.1) is 0 Å². The predicted octanol–water partition coefficient (Wildman–Crippen LogP) is 0.908. The molecule has 13 heavy (non-hydrogen) atoms. The van der Waals surface area contributed by atoms with E-state index >= 15 is 0 Å². The highest BCUT2D eigenvalue weighted by atomic mass is 28.4. The van der Waals surface area contributed by atoms with E-state index in [0.29, 0.717) is 0 Å². The Hall–Kier alpha value is -1.01. The molecule has 0 fully saturated rings. The fourth-order valence-electron chi connectivity index (χ4n) is 1.10. The molecule has 1 aromatic rings. The van der Waals surface area contributed by atoms with E-state index in [-0.39, 0.29) is 0 Å². The minimum Gasteiger partial charge on any atom is -0.574 e. The van der Waals surface area contributed by atoms with Gasteiger partial charge in [-0.3, -0.25) is 0 Å². The van der Waals surface area contributed by atoms with Gasteiger partial charge < -0.3 is 8.58 Å². The van der Waals surface area contributed by atoms with E-state index < -0.39 is 18.0 Å². The third kappa shape index (κ3) is 2.22. The molecule has 0 N–H and O–H groups in total. The van der Waals surface area contributed by atoms with Crippen molar-refractivity contribution in [3.05, 3.63) is 42.6 Å². The maximum absolute atomic E-state index is 10.5. The third-order valence-electron chi connectivity index (χ3n) is 2.03. The zero-order valence-corrected chi connectivity index (χ0v) is 9.72. The van der Waals surface area contributed by atoms with Gasteiger partial charge in [0.1, 0.15) is 0 Å². The second-order valence-corrected chi connectivity index (χ2v) is 7.23. The monoisotopic (exact) mass is 208 g/mol. The molecular formula is C9H12O2Si2. The summed E-state index contributed by atoms with van der Waals surface area (Å²) < 4.78 is 15.8. The van der Waals surface area contributed by atoms with Crippen molar-refractivity contribution in [1.82, 2.24) is 0 Å². The lowest BCUT2D eigenvalue weighted by atomic mass is 10.4. The molecule has 0 amide bonds. The minimum atomic E-state index is -2.11. The molecule has 0 radical (unpaired) electrons. The summed E-state index contributed by atoms with van der Waals surface area (Å²) in [6.45, 7) is 5.73. The van der Waals surface area contributed by atoms with Crippen molar-refractivity contribution in [2.75, 3.05) is 0 Å². The minimum absolute atomic E-state index is 1.10. The Balaban J connectivity index is 3.02. The average Bonchev–Trinajstić information content (AvgIpc) is 2.19. The molecule has 0 spiro atoms. The molecule has 0 aliphatic heterocycles. The largest absolute Gasteiger partial charge is 0.574 e. The van der Waals surface area contributed by atoms with Gasteiger partial charge in [0.2, 0.25) is 0 Å². The van der Waals surface area contributed by atoms with Gasteiger partial charge in [-0.05, 0) is 11.7 Å². The van der Waals surface area contributed by atoms with Crippen LogP contribution in [-0.2, 0) is 8.58 Å². The van der Waals surface area contributed by atoms with Crippen molar-refractivity contribution in [3.63, 3.8) is 0 Å². The molecule has 0 saturated carbocycles. The lowest BCUT2D eigenvalue weighted by molar-refractivity contribution is 0.486. The molecule has 0 saturated heterocycles. The highest BCUT2D eigenvalue weighted by Gasteiger charge is 2.27. The van der Waals surface area contributed by atoms with Crippen LogP contribution in [0.1, 0.15) is 0 Å². The van der Waals surface area contributed by atoms with Gasteiger partial charge in [0, 0.05) is 0 Å². The summed E-state index contributed by atoms with van der Waals surface area (Å²) in [6, 6.07) is 9.83. The van der Waals surface area contributed by atoms with Gasteiger partial charge in [0.15, 0.2) is 0 Å². The molecule has 0 aliphatic carbocycles. The van der Waals surface area contributed by atoms with Crippen molar-refractivity contribution in [2.45, 2.75) is 6.55 Å². The fourth-order valence-corrected chi connectivity index (χ4v) is 3.92. The molecule has 68 valence electrons. The lowest BCUT2D eigenvalue weighted by Gasteiger charge is -2.21. The van der Waals surface area contributed by atoms with Crippen LogP contribution in [0, 0.1) is 0 Å². The zero-order chi connectivity index (χ0) is 9.73. The molecule has 1 rings (SSSR count). The summed E-state index contributed by atoms with van der Waals surface area (Å²) in [6.07, 6.45) is 0. The second-order valence-electron chi connectivity index (χ2n) is 2.89. The molecular weight excluding hydrogens is 196 g/mol. The van der Waals surface area contributed by atoms with Gasteiger partial charge >= 0.3 is 9.65 Å². The first-order valence-corrected chi connectivity index (χ1v) is 7.46. The molecule has 1 unspecified atom stereocenters. The van der Waals surface area contributed by atoms with Crippen LogP contribution < -0.4 is 5.19 Å². The number of rotatable bonds is 4. The summed E-state index contributed by atoms with van der Waals surface area (Å²) in [5, 5.41) is 1.10. The van der Waals surface area contributed by atoms with Crippen molar-refractivity contribution in [3.8, 4) is 0 Å². The summed E-state index contributed by atoms with van der Waals surface area (Å²) >= 11 is 0. The Labute approximate surface area is 81.4 Å². The summed E-state index contributed by atoms with van der Waals surface area (Å²) in [4.78, 5) is 0. The Morgan fingerprint density at radius 3 is 2.54 bits per heavy atom. The topological polar surface area (TPSA) is 26.3 Å². The van der Waals surface area contributed by atoms with E-state index in [2.05, 4.69) is 6.58 Å². The third-order valence-corrected chi connectivity index (χ3v) is 6.63. The quantitative estimate of drug-likeness (QED) is 0.688. The van der Waals surface area contributed by atoms with E-state index in [0.717, 1.165) is 5.19 Å². The Bertz CT molecular complexity index is 300. The number of benzene rings is 1. The van der Waals surface area contributed by atoms with Crippen LogP contribution >= 0.6 is 0 Å². The summed E-state index contributed by atoms with van der Waals surface area (Å²) in [7, 11) is -3.27. The lowest BCUT2D eigenvalue weighted by Crippen LogP contribution is -2.46. The van der Waals surface area contributed by atoms with E-state index in [1.165, 1.54) is 0 Å². The van der Waals surface area contributed by atoms with Gasteiger partial charge in [-0.15, -0.1) is 6.58 Å². The first-order chi connectivity index (χ1) is 6.23. The van der Waals surface area contributed by atoms with Crippen molar-refractivity contribution in [2.24, 2.45) is 0 Å².